The van der Waals surface area contributed by atoms with E-state index < -0.39 is 0 Å². The molecular formula is C18H18FN5OS. The zero-order chi connectivity index (χ0) is 18.5. The van der Waals surface area contributed by atoms with E-state index in [-0.39, 0.29) is 17.5 Å². The van der Waals surface area contributed by atoms with Gasteiger partial charge in [-0.1, -0.05) is 29.5 Å². The van der Waals surface area contributed by atoms with Crippen LogP contribution < -0.4 is 4.90 Å². The van der Waals surface area contributed by atoms with E-state index in [1.807, 2.05) is 38.1 Å². The Morgan fingerprint density at radius 1 is 1.15 bits per heavy atom. The van der Waals surface area contributed by atoms with Crippen LogP contribution in [0.2, 0.25) is 0 Å². The molecule has 26 heavy (non-hydrogen) atoms. The molecule has 1 aromatic heterocycles. The predicted octanol–water partition coefficient (Wildman–Crippen LogP) is 3.26. The van der Waals surface area contributed by atoms with E-state index in [0.717, 1.165) is 11.3 Å². The molecule has 0 radical (unpaired) electrons. The van der Waals surface area contributed by atoms with E-state index in [2.05, 4.69) is 15.5 Å². The number of carbonyl (C=O) groups is 1. The molecule has 2 aromatic carbocycles. The van der Waals surface area contributed by atoms with Gasteiger partial charge < -0.3 is 4.90 Å². The normalized spacial score (nSPS) is 10.7. The molecule has 134 valence electrons. The molecule has 0 bridgehead atoms. The van der Waals surface area contributed by atoms with E-state index in [4.69, 9.17) is 0 Å². The lowest BCUT2D eigenvalue weighted by Crippen LogP contribution is -2.32. The minimum Gasteiger partial charge on any atom is -0.312 e. The lowest BCUT2D eigenvalue weighted by molar-refractivity contribution is -0.116. The van der Waals surface area contributed by atoms with Gasteiger partial charge in [0.15, 0.2) is 0 Å². The summed E-state index contributed by atoms with van der Waals surface area (Å²) in [5.41, 5.74) is 2.64. The van der Waals surface area contributed by atoms with Crippen LogP contribution in [-0.2, 0) is 4.79 Å². The Morgan fingerprint density at radius 2 is 1.85 bits per heavy atom. The van der Waals surface area contributed by atoms with Gasteiger partial charge in [0.25, 0.3) is 0 Å². The smallest absolute Gasteiger partial charge is 0.237 e. The molecule has 6 nitrogen and oxygen atoms in total. The van der Waals surface area contributed by atoms with Gasteiger partial charge in [-0.2, -0.15) is 4.68 Å². The maximum atomic E-state index is 13.1. The van der Waals surface area contributed by atoms with Gasteiger partial charge in [0, 0.05) is 12.2 Å². The Morgan fingerprint density at radius 3 is 2.50 bits per heavy atom. The standard InChI is InChI=1S/C18H18FN5OS/c1-3-23(15-10-6-14(19)7-11-15)17(25)12-26-18-20-21-22-24(18)16-8-4-13(2)5-9-16/h4-11H,3,12H2,1-2H3. The molecule has 0 spiro atoms. The van der Waals surface area contributed by atoms with E-state index in [1.165, 1.54) is 23.9 Å². The number of aromatic nitrogens is 4. The number of thioether (sulfide) groups is 1. The molecule has 3 rings (SSSR count). The first kappa shape index (κ1) is 18.1. The molecular weight excluding hydrogens is 353 g/mol. The number of rotatable bonds is 6. The van der Waals surface area contributed by atoms with Crippen molar-refractivity contribution in [3.63, 3.8) is 0 Å². The maximum Gasteiger partial charge on any atom is 0.237 e. The van der Waals surface area contributed by atoms with Crippen LogP contribution in [0.4, 0.5) is 10.1 Å². The number of amides is 1. The van der Waals surface area contributed by atoms with Gasteiger partial charge in [0.05, 0.1) is 11.4 Å². The fraction of sp³-hybridized carbons (Fsp3) is 0.222. The fourth-order valence-corrected chi connectivity index (χ4v) is 3.21. The molecule has 0 atom stereocenters. The van der Waals surface area contributed by atoms with Crippen molar-refractivity contribution in [2.45, 2.75) is 19.0 Å². The van der Waals surface area contributed by atoms with Crippen molar-refractivity contribution in [3.05, 3.63) is 59.9 Å². The Labute approximate surface area is 155 Å². The third-order valence-corrected chi connectivity index (χ3v) is 4.70. The summed E-state index contributed by atoms with van der Waals surface area (Å²) in [5.74, 6) is -0.247. The predicted molar refractivity (Wildman–Crippen MR) is 99.0 cm³/mol. The number of anilines is 1. The number of tetrazole rings is 1. The van der Waals surface area contributed by atoms with Crippen molar-refractivity contribution in [2.24, 2.45) is 0 Å². The highest BCUT2D eigenvalue weighted by Gasteiger charge is 2.17. The summed E-state index contributed by atoms with van der Waals surface area (Å²) in [6, 6.07) is 13.7. The van der Waals surface area contributed by atoms with Crippen molar-refractivity contribution in [1.29, 1.82) is 0 Å². The fourth-order valence-electron chi connectivity index (χ4n) is 2.45. The van der Waals surface area contributed by atoms with Crippen LogP contribution in [0.1, 0.15) is 12.5 Å². The van der Waals surface area contributed by atoms with Crippen molar-refractivity contribution >= 4 is 23.4 Å². The Balaban J connectivity index is 1.70. The summed E-state index contributed by atoms with van der Waals surface area (Å²) in [4.78, 5) is 14.2. The average molecular weight is 371 g/mol. The molecule has 0 aliphatic carbocycles. The van der Waals surface area contributed by atoms with Crippen LogP contribution in [0.25, 0.3) is 5.69 Å². The summed E-state index contributed by atoms with van der Waals surface area (Å²) in [6.45, 7) is 4.38. The number of hydrogen-bond donors (Lipinski definition) is 0. The largest absolute Gasteiger partial charge is 0.312 e. The number of aryl methyl sites for hydroxylation is 1. The molecule has 1 amide bonds. The summed E-state index contributed by atoms with van der Waals surface area (Å²) >= 11 is 1.26. The van der Waals surface area contributed by atoms with Crippen molar-refractivity contribution in [1.82, 2.24) is 20.2 Å². The minimum absolute atomic E-state index is 0.0948. The number of carbonyl (C=O) groups excluding carboxylic acids is 1. The molecule has 0 saturated heterocycles. The van der Waals surface area contributed by atoms with Gasteiger partial charge >= 0.3 is 0 Å². The molecule has 1 heterocycles. The zero-order valence-corrected chi connectivity index (χ0v) is 15.3. The Bertz CT molecular complexity index is 879. The minimum atomic E-state index is -0.330. The van der Waals surface area contributed by atoms with Gasteiger partial charge in [-0.25, -0.2) is 4.39 Å². The highest BCUT2D eigenvalue weighted by atomic mass is 32.2. The number of halogens is 1. The molecule has 3 aromatic rings. The maximum absolute atomic E-state index is 13.1. The summed E-state index contributed by atoms with van der Waals surface area (Å²) in [5, 5.41) is 12.2. The SMILES string of the molecule is CCN(C(=O)CSc1nnnn1-c1ccc(C)cc1)c1ccc(F)cc1. The lowest BCUT2D eigenvalue weighted by atomic mass is 10.2. The quantitative estimate of drug-likeness (QED) is 0.623. The van der Waals surface area contributed by atoms with Gasteiger partial charge in [-0.05, 0) is 60.7 Å². The van der Waals surface area contributed by atoms with Gasteiger partial charge in [-0.15, -0.1) is 5.10 Å². The summed E-state index contributed by atoms with van der Waals surface area (Å²) < 4.78 is 14.7. The van der Waals surface area contributed by atoms with Gasteiger partial charge in [-0.3, -0.25) is 4.79 Å². The van der Waals surface area contributed by atoms with E-state index in [9.17, 15) is 9.18 Å². The topological polar surface area (TPSA) is 63.9 Å². The molecule has 0 aliphatic rings. The number of nitrogens with zero attached hydrogens (tertiary/aromatic N) is 5. The second kappa shape index (κ2) is 8.09. The summed E-state index contributed by atoms with van der Waals surface area (Å²) in [7, 11) is 0. The van der Waals surface area contributed by atoms with Crippen molar-refractivity contribution in [3.8, 4) is 5.69 Å². The van der Waals surface area contributed by atoms with Crippen LogP contribution in [0.5, 0.6) is 0 Å². The second-order valence-corrected chi connectivity index (χ2v) is 6.55. The molecule has 0 fully saturated rings. The third-order valence-electron chi connectivity index (χ3n) is 3.80. The van der Waals surface area contributed by atoms with Gasteiger partial charge in [0.1, 0.15) is 5.82 Å². The first-order valence-corrected chi connectivity index (χ1v) is 9.11. The highest BCUT2D eigenvalue weighted by Crippen LogP contribution is 2.21. The zero-order valence-electron chi connectivity index (χ0n) is 14.5. The molecule has 0 N–H and O–H groups in total. The van der Waals surface area contributed by atoms with Crippen molar-refractivity contribution in [2.75, 3.05) is 17.2 Å². The molecule has 0 saturated carbocycles. The Kier molecular flexibility index (Phi) is 5.62. The summed E-state index contributed by atoms with van der Waals surface area (Å²) in [6.07, 6.45) is 0. The first-order chi connectivity index (χ1) is 12.6. The average Bonchev–Trinajstić information content (AvgIpc) is 3.11. The van der Waals surface area contributed by atoms with Crippen LogP contribution in [0.15, 0.2) is 53.7 Å². The van der Waals surface area contributed by atoms with E-state index in [0.29, 0.717) is 17.4 Å². The van der Waals surface area contributed by atoms with Crippen LogP contribution >= 0.6 is 11.8 Å². The van der Waals surface area contributed by atoms with E-state index in [1.54, 1.807) is 21.7 Å². The lowest BCUT2D eigenvalue weighted by Gasteiger charge is -2.20. The molecule has 8 heteroatoms. The van der Waals surface area contributed by atoms with Crippen LogP contribution in [0, 0.1) is 12.7 Å². The molecule has 0 unspecified atom stereocenters. The first-order valence-electron chi connectivity index (χ1n) is 8.12. The number of hydrogen-bond acceptors (Lipinski definition) is 5. The highest BCUT2D eigenvalue weighted by molar-refractivity contribution is 7.99. The number of benzene rings is 2. The van der Waals surface area contributed by atoms with Crippen LogP contribution in [0.3, 0.4) is 0 Å². The second-order valence-electron chi connectivity index (χ2n) is 5.61. The van der Waals surface area contributed by atoms with E-state index >= 15 is 0 Å². The third kappa shape index (κ3) is 4.08. The molecule has 0 aliphatic heterocycles. The van der Waals surface area contributed by atoms with Crippen molar-refractivity contribution < 1.29 is 9.18 Å². The monoisotopic (exact) mass is 371 g/mol. The van der Waals surface area contributed by atoms with Gasteiger partial charge in [0.2, 0.25) is 11.1 Å². The van der Waals surface area contributed by atoms with Crippen LogP contribution in [-0.4, -0.2) is 38.4 Å². The Hall–Kier alpha value is -2.74.